The largest absolute Gasteiger partial charge is 0.462 e. The average Bonchev–Trinajstić information content (AvgIpc) is 3.29. The number of thiazole rings is 1. The zero-order valence-electron chi connectivity index (χ0n) is 24.5. The zero-order chi connectivity index (χ0) is 28.9. The van der Waals surface area contributed by atoms with Crippen molar-refractivity contribution in [3.05, 3.63) is 75.3 Å². The number of cyclic esters (lactones) is 2. The highest BCUT2D eigenvalue weighted by molar-refractivity contribution is 7.09. The molecule has 214 valence electrons. The lowest BCUT2D eigenvalue weighted by Crippen LogP contribution is -2.28. The number of fused-ring (bicyclic) bond motifs is 2. The van der Waals surface area contributed by atoms with Gasteiger partial charge in [0.25, 0.3) is 0 Å². The summed E-state index contributed by atoms with van der Waals surface area (Å²) in [5.41, 5.74) is 10.4. The molecule has 0 saturated heterocycles. The van der Waals surface area contributed by atoms with Crippen LogP contribution in [-0.4, -0.2) is 60.7 Å². The van der Waals surface area contributed by atoms with E-state index in [0.717, 1.165) is 34.0 Å². The van der Waals surface area contributed by atoms with Crippen molar-refractivity contribution in [2.75, 3.05) is 20.6 Å². The number of rotatable bonds is 5. The van der Waals surface area contributed by atoms with Crippen molar-refractivity contribution in [1.29, 1.82) is 0 Å². The van der Waals surface area contributed by atoms with Crippen molar-refractivity contribution < 1.29 is 19.1 Å². The standard InChI is InChI=1S/C31H45N3O4S/c1-21(13-14-34(6)7)11-12-23(3)16-27-19-29-33-28(20-39-29)24(4)17-26(32)18-31(36)37-25(5)15-22(2)9-8-10-30(35)38-27/h8-13,16,20,24-27H,14-15,17-19,32H2,1-7H3/t24-,25-,26+,27+/m0/s1. The van der Waals surface area contributed by atoms with Gasteiger partial charge in [-0.05, 0) is 54.3 Å². The Hall–Kier alpha value is -2.81. The summed E-state index contributed by atoms with van der Waals surface area (Å²) in [6.07, 6.45) is 14.2. The molecule has 8 heteroatoms. The molecule has 0 fully saturated rings. The maximum absolute atomic E-state index is 12.7. The van der Waals surface area contributed by atoms with Crippen molar-refractivity contribution in [3.63, 3.8) is 0 Å². The lowest BCUT2D eigenvalue weighted by Gasteiger charge is -2.18. The van der Waals surface area contributed by atoms with Crippen molar-refractivity contribution in [2.24, 2.45) is 5.73 Å². The van der Waals surface area contributed by atoms with E-state index in [4.69, 9.17) is 20.2 Å². The van der Waals surface area contributed by atoms with E-state index in [1.807, 2.05) is 58.5 Å². The molecule has 0 saturated carbocycles. The van der Waals surface area contributed by atoms with Crippen LogP contribution in [0.1, 0.15) is 70.5 Å². The van der Waals surface area contributed by atoms with Crippen molar-refractivity contribution >= 4 is 23.3 Å². The van der Waals surface area contributed by atoms with E-state index in [2.05, 4.69) is 30.9 Å². The zero-order valence-corrected chi connectivity index (χ0v) is 25.3. The van der Waals surface area contributed by atoms with Gasteiger partial charge in [0, 0.05) is 42.8 Å². The minimum atomic E-state index is -0.465. The SMILES string of the molecule is CC(C=CC(C)=C[C@@H]1Cc2nc(cs2)[C@@H](C)C[C@@H](N)CC(=O)O[C@@H](C)CC(C)=CC=CC(=O)O1)=CCN(C)C. The Bertz CT molecular complexity index is 1110. The molecule has 0 spiro atoms. The van der Waals surface area contributed by atoms with Gasteiger partial charge in [-0.2, -0.15) is 0 Å². The fourth-order valence-corrected chi connectivity index (χ4v) is 5.11. The minimum Gasteiger partial charge on any atom is -0.462 e. The van der Waals surface area contributed by atoms with E-state index in [-0.39, 0.29) is 30.5 Å². The maximum Gasteiger partial charge on any atom is 0.331 e. The summed E-state index contributed by atoms with van der Waals surface area (Å²) in [7, 11) is 4.07. The molecule has 7 nitrogen and oxygen atoms in total. The number of nitrogens with two attached hydrogens (primary N) is 1. The van der Waals surface area contributed by atoms with Gasteiger partial charge >= 0.3 is 11.9 Å². The van der Waals surface area contributed by atoms with Crippen molar-refractivity contribution in [3.8, 4) is 0 Å². The Morgan fingerprint density at radius 2 is 1.85 bits per heavy atom. The van der Waals surface area contributed by atoms with Crippen LogP contribution in [0.3, 0.4) is 0 Å². The summed E-state index contributed by atoms with van der Waals surface area (Å²) in [5, 5.41) is 2.90. The number of hydrogen-bond donors (Lipinski definition) is 1. The Kier molecular flexibility index (Phi) is 13.6. The molecule has 4 atom stereocenters. The lowest BCUT2D eigenvalue weighted by atomic mass is 9.98. The second kappa shape index (κ2) is 16.3. The topological polar surface area (TPSA) is 94.8 Å². The molecular formula is C31H45N3O4S. The summed E-state index contributed by atoms with van der Waals surface area (Å²) < 4.78 is 11.4. The second-order valence-corrected chi connectivity index (χ2v) is 11.7. The molecule has 1 aromatic heterocycles. The highest BCUT2D eigenvalue weighted by Gasteiger charge is 2.20. The van der Waals surface area contributed by atoms with Crippen LogP contribution in [0.25, 0.3) is 0 Å². The number of nitrogens with zero attached hydrogens (tertiary/aromatic N) is 2. The molecule has 2 N–H and O–H groups in total. The van der Waals surface area contributed by atoms with E-state index < -0.39 is 12.1 Å². The third-order valence-electron chi connectivity index (χ3n) is 6.19. The van der Waals surface area contributed by atoms with Crippen LogP contribution >= 0.6 is 11.3 Å². The van der Waals surface area contributed by atoms with Crippen LogP contribution in [0.4, 0.5) is 0 Å². The molecular weight excluding hydrogens is 510 g/mol. The molecule has 0 aliphatic carbocycles. The van der Waals surface area contributed by atoms with Crippen molar-refractivity contribution in [1.82, 2.24) is 9.88 Å². The van der Waals surface area contributed by atoms with Crippen LogP contribution < -0.4 is 5.73 Å². The van der Waals surface area contributed by atoms with Crippen LogP contribution in [0.5, 0.6) is 0 Å². The van der Waals surface area contributed by atoms with Gasteiger partial charge < -0.3 is 20.1 Å². The fraction of sp³-hybridized carbons (Fsp3) is 0.516. The number of carbonyl (C=O) groups is 2. The molecule has 0 unspecified atom stereocenters. The molecule has 1 aromatic rings. The van der Waals surface area contributed by atoms with E-state index in [9.17, 15) is 9.59 Å². The molecule has 0 amide bonds. The quantitative estimate of drug-likeness (QED) is 0.370. The molecule has 1 aliphatic rings. The normalized spacial score (nSPS) is 25.1. The van der Waals surface area contributed by atoms with Crippen LogP contribution in [0.2, 0.25) is 0 Å². The molecule has 1 aliphatic heterocycles. The number of aromatic nitrogens is 1. The highest BCUT2D eigenvalue weighted by atomic mass is 32.1. The summed E-state index contributed by atoms with van der Waals surface area (Å²) in [6, 6.07) is -0.312. The lowest BCUT2D eigenvalue weighted by molar-refractivity contribution is -0.148. The number of ether oxygens (including phenoxy) is 2. The molecule has 2 rings (SSSR count). The summed E-state index contributed by atoms with van der Waals surface area (Å²) >= 11 is 1.54. The third-order valence-corrected chi connectivity index (χ3v) is 7.08. The van der Waals surface area contributed by atoms with Gasteiger partial charge in [0.2, 0.25) is 0 Å². The predicted octanol–water partition coefficient (Wildman–Crippen LogP) is 5.66. The third kappa shape index (κ3) is 13.2. The number of allylic oxidation sites excluding steroid dienone is 6. The summed E-state index contributed by atoms with van der Waals surface area (Å²) in [4.78, 5) is 32.0. The fourth-order valence-electron chi connectivity index (χ4n) is 4.15. The maximum atomic E-state index is 12.7. The van der Waals surface area contributed by atoms with Gasteiger partial charge in [-0.1, -0.05) is 54.0 Å². The van der Waals surface area contributed by atoms with Crippen LogP contribution in [0, 0.1) is 0 Å². The summed E-state index contributed by atoms with van der Waals surface area (Å²) in [5.74, 6) is -0.635. The molecule has 39 heavy (non-hydrogen) atoms. The number of esters is 2. The van der Waals surface area contributed by atoms with Gasteiger partial charge in [-0.25, -0.2) is 9.78 Å². The Balaban J connectivity index is 2.30. The number of carbonyl (C=O) groups excluding carboxylic acids is 2. The smallest absolute Gasteiger partial charge is 0.331 e. The molecule has 2 heterocycles. The van der Waals surface area contributed by atoms with Crippen molar-refractivity contribution in [2.45, 2.75) is 84.5 Å². The van der Waals surface area contributed by atoms with Gasteiger partial charge in [0.05, 0.1) is 17.1 Å². The van der Waals surface area contributed by atoms with Gasteiger partial charge in [-0.15, -0.1) is 11.3 Å². The van der Waals surface area contributed by atoms with Crippen LogP contribution in [-0.2, 0) is 25.5 Å². The van der Waals surface area contributed by atoms with Gasteiger partial charge in [-0.3, -0.25) is 4.79 Å². The minimum absolute atomic E-state index is 0.0866. The van der Waals surface area contributed by atoms with Crippen LogP contribution in [0.15, 0.2) is 64.6 Å². The molecule has 0 radical (unpaired) electrons. The van der Waals surface area contributed by atoms with E-state index in [1.54, 1.807) is 17.4 Å². The van der Waals surface area contributed by atoms with Gasteiger partial charge in [0.1, 0.15) is 12.2 Å². The highest BCUT2D eigenvalue weighted by Crippen LogP contribution is 2.25. The second-order valence-electron chi connectivity index (χ2n) is 10.8. The van der Waals surface area contributed by atoms with Gasteiger partial charge in [0.15, 0.2) is 0 Å². The first kappa shape index (κ1) is 32.4. The Morgan fingerprint density at radius 3 is 2.56 bits per heavy atom. The predicted molar refractivity (Wildman–Crippen MR) is 160 cm³/mol. The first-order valence-electron chi connectivity index (χ1n) is 13.5. The first-order valence-corrected chi connectivity index (χ1v) is 14.4. The van der Waals surface area contributed by atoms with E-state index in [1.165, 1.54) is 6.08 Å². The molecule has 0 aromatic carbocycles. The number of hydrogen-bond acceptors (Lipinski definition) is 8. The molecule has 2 bridgehead atoms. The average molecular weight is 556 g/mol. The Morgan fingerprint density at radius 1 is 1.13 bits per heavy atom. The first-order chi connectivity index (χ1) is 18.4. The monoisotopic (exact) mass is 555 g/mol. The van der Waals surface area contributed by atoms with E-state index >= 15 is 0 Å². The van der Waals surface area contributed by atoms with E-state index in [0.29, 0.717) is 19.3 Å². The summed E-state index contributed by atoms with van der Waals surface area (Å²) in [6.45, 7) is 10.8. The number of likely N-dealkylation sites (N-methyl/N-ethyl adjacent to an activating group) is 1. The Labute approximate surface area is 238 Å².